The minimum absolute atomic E-state index is 0.0995. The van der Waals surface area contributed by atoms with E-state index in [1.165, 1.54) is 34.1 Å². The zero-order valence-corrected chi connectivity index (χ0v) is 18.9. The number of hydrogen-bond donors (Lipinski definition) is 0. The fourth-order valence-corrected chi connectivity index (χ4v) is 3.61. The number of rotatable bonds is 6. The molecule has 0 aliphatic carbocycles. The van der Waals surface area contributed by atoms with Gasteiger partial charge in [-0.2, -0.15) is 0 Å². The maximum Gasteiger partial charge on any atom is 0.336 e. The average molecular weight is 470 g/mol. The highest BCUT2D eigenvalue weighted by atomic mass is 16.6. The van der Waals surface area contributed by atoms with E-state index in [0.29, 0.717) is 28.0 Å². The van der Waals surface area contributed by atoms with Gasteiger partial charge >= 0.3 is 17.6 Å². The lowest BCUT2D eigenvalue weighted by atomic mass is 10.0. The SMILES string of the molecule is COc1cc(C2Oc3cc4oc(=O)ccc4cc3OC2COC(C)=O)cc(OC)c1OC(C)=O. The standard InChI is InChI=1S/C24H22O10/c1-12(25)30-11-21-23(15-8-19(28-3)24(31-13(2)26)20(9-15)29-4)34-18-10-16-14(7-17(18)32-21)5-6-22(27)33-16/h5-10,21,23H,11H2,1-4H3. The van der Waals surface area contributed by atoms with Crippen LogP contribution in [0.25, 0.3) is 11.0 Å². The van der Waals surface area contributed by atoms with Crippen molar-refractivity contribution in [2.75, 3.05) is 20.8 Å². The van der Waals surface area contributed by atoms with Gasteiger partial charge in [0, 0.05) is 36.9 Å². The lowest BCUT2D eigenvalue weighted by molar-refractivity contribution is -0.145. The fraction of sp³-hybridized carbons (Fsp3) is 0.292. The summed E-state index contributed by atoms with van der Waals surface area (Å²) in [5, 5.41) is 0.640. The van der Waals surface area contributed by atoms with Gasteiger partial charge in [-0.05, 0) is 24.3 Å². The van der Waals surface area contributed by atoms with Crippen LogP contribution in [0.15, 0.2) is 45.6 Å². The van der Waals surface area contributed by atoms with Gasteiger partial charge in [0.1, 0.15) is 12.2 Å². The first-order valence-electron chi connectivity index (χ1n) is 10.3. The van der Waals surface area contributed by atoms with E-state index in [9.17, 15) is 14.4 Å². The number of methoxy groups -OCH3 is 2. The van der Waals surface area contributed by atoms with Gasteiger partial charge < -0.3 is 32.8 Å². The monoisotopic (exact) mass is 470 g/mol. The van der Waals surface area contributed by atoms with Gasteiger partial charge in [0.2, 0.25) is 5.75 Å². The van der Waals surface area contributed by atoms with Crippen molar-refractivity contribution in [1.82, 2.24) is 0 Å². The van der Waals surface area contributed by atoms with E-state index in [0.717, 1.165) is 0 Å². The third kappa shape index (κ3) is 4.61. The number of fused-ring (bicyclic) bond motifs is 2. The molecule has 0 N–H and O–H groups in total. The summed E-state index contributed by atoms with van der Waals surface area (Å²) in [6, 6.07) is 9.38. The first-order chi connectivity index (χ1) is 16.3. The molecule has 0 saturated carbocycles. The summed E-state index contributed by atoms with van der Waals surface area (Å²) in [6.45, 7) is 2.46. The molecular formula is C24H22O10. The molecule has 0 bridgehead atoms. The normalized spacial score (nSPS) is 16.6. The second-order valence-corrected chi connectivity index (χ2v) is 7.44. The van der Waals surface area contributed by atoms with Crippen molar-refractivity contribution in [3.05, 3.63) is 52.4 Å². The summed E-state index contributed by atoms with van der Waals surface area (Å²) in [7, 11) is 2.84. The summed E-state index contributed by atoms with van der Waals surface area (Å²) < 4.78 is 38.9. The predicted molar refractivity (Wildman–Crippen MR) is 118 cm³/mol. The molecule has 0 spiro atoms. The third-order valence-electron chi connectivity index (χ3n) is 5.06. The molecule has 2 atom stereocenters. The predicted octanol–water partition coefficient (Wildman–Crippen LogP) is 3.18. The van der Waals surface area contributed by atoms with Crippen molar-refractivity contribution >= 4 is 22.9 Å². The second kappa shape index (κ2) is 9.34. The Kier molecular flexibility index (Phi) is 6.31. The average Bonchev–Trinajstić information content (AvgIpc) is 2.80. The topological polar surface area (TPSA) is 120 Å². The zero-order valence-electron chi connectivity index (χ0n) is 18.9. The lowest BCUT2D eigenvalue weighted by Gasteiger charge is -2.34. The molecule has 0 radical (unpaired) electrons. The second-order valence-electron chi connectivity index (χ2n) is 7.44. The summed E-state index contributed by atoms with van der Waals surface area (Å²) in [6.07, 6.45) is -1.52. The van der Waals surface area contributed by atoms with Crippen molar-refractivity contribution in [2.24, 2.45) is 0 Å². The molecule has 0 amide bonds. The van der Waals surface area contributed by atoms with Crippen molar-refractivity contribution in [3.8, 4) is 28.7 Å². The Morgan fingerprint density at radius 1 is 0.912 bits per heavy atom. The van der Waals surface area contributed by atoms with Crippen LogP contribution >= 0.6 is 0 Å². The smallest absolute Gasteiger partial charge is 0.336 e. The minimum atomic E-state index is -0.783. The van der Waals surface area contributed by atoms with Crippen molar-refractivity contribution in [1.29, 1.82) is 0 Å². The van der Waals surface area contributed by atoms with Crippen molar-refractivity contribution in [3.63, 3.8) is 0 Å². The van der Waals surface area contributed by atoms with Crippen LogP contribution in [0.1, 0.15) is 25.5 Å². The molecule has 1 aromatic heterocycles. The Hall–Kier alpha value is -4.21. The van der Waals surface area contributed by atoms with E-state index in [1.807, 2.05) is 0 Å². The third-order valence-corrected chi connectivity index (χ3v) is 5.06. The zero-order chi connectivity index (χ0) is 24.4. The fourth-order valence-electron chi connectivity index (χ4n) is 3.61. The van der Waals surface area contributed by atoms with Crippen LogP contribution in [-0.2, 0) is 14.3 Å². The van der Waals surface area contributed by atoms with Crippen molar-refractivity contribution in [2.45, 2.75) is 26.1 Å². The Morgan fingerprint density at radius 3 is 2.21 bits per heavy atom. The summed E-state index contributed by atoms with van der Waals surface area (Å²) >= 11 is 0. The maximum atomic E-state index is 11.6. The maximum absolute atomic E-state index is 11.6. The highest BCUT2D eigenvalue weighted by molar-refractivity contribution is 5.81. The van der Waals surface area contributed by atoms with E-state index >= 15 is 0 Å². The van der Waals surface area contributed by atoms with Gasteiger partial charge in [0.15, 0.2) is 35.2 Å². The molecule has 0 saturated heterocycles. The Labute approximate surface area is 193 Å². The molecule has 1 aliphatic heterocycles. The Bertz CT molecular complexity index is 1280. The van der Waals surface area contributed by atoms with Gasteiger partial charge in [0.05, 0.1) is 14.2 Å². The number of benzene rings is 2. The molecule has 178 valence electrons. The molecule has 3 aromatic rings. The van der Waals surface area contributed by atoms with E-state index in [-0.39, 0.29) is 23.9 Å². The molecular weight excluding hydrogens is 448 g/mol. The van der Waals surface area contributed by atoms with Crippen LogP contribution in [0, 0.1) is 0 Å². The lowest BCUT2D eigenvalue weighted by Crippen LogP contribution is -2.37. The molecule has 4 rings (SSSR count). The first-order valence-corrected chi connectivity index (χ1v) is 10.3. The van der Waals surface area contributed by atoms with Gasteiger partial charge in [-0.1, -0.05) is 0 Å². The number of carbonyl (C=O) groups is 2. The molecule has 0 fully saturated rings. The van der Waals surface area contributed by atoms with E-state index in [2.05, 4.69) is 0 Å². The molecule has 2 unspecified atom stereocenters. The summed E-state index contributed by atoms with van der Waals surface area (Å²) in [5.41, 5.74) is 0.374. The van der Waals surface area contributed by atoms with Crippen LogP contribution in [0.3, 0.4) is 0 Å². The summed E-state index contributed by atoms with van der Waals surface area (Å²) in [5.74, 6) is 0.274. The van der Waals surface area contributed by atoms with Crippen molar-refractivity contribution < 1.29 is 42.4 Å². The van der Waals surface area contributed by atoms with Crippen LogP contribution in [0.2, 0.25) is 0 Å². The van der Waals surface area contributed by atoms with Gasteiger partial charge in [0.25, 0.3) is 0 Å². The van der Waals surface area contributed by atoms with Gasteiger partial charge in [-0.15, -0.1) is 0 Å². The van der Waals surface area contributed by atoms with Gasteiger partial charge in [-0.3, -0.25) is 9.59 Å². The van der Waals surface area contributed by atoms with Crippen LogP contribution in [0.4, 0.5) is 0 Å². The Balaban J connectivity index is 1.80. The van der Waals surface area contributed by atoms with E-state index in [1.54, 1.807) is 30.3 Å². The highest BCUT2D eigenvalue weighted by Crippen LogP contribution is 2.46. The molecule has 10 nitrogen and oxygen atoms in total. The van der Waals surface area contributed by atoms with E-state index < -0.39 is 29.8 Å². The largest absolute Gasteiger partial charge is 0.493 e. The number of carbonyl (C=O) groups excluding carboxylic acids is 2. The highest BCUT2D eigenvalue weighted by Gasteiger charge is 2.36. The number of hydrogen-bond acceptors (Lipinski definition) is 10. The molecule has 2 aromatic carbocycles. The Morgan fingerprint density at radius 2 is 1.59 bits per heavy atom. The minimum Gasteiger partial charge on any atom is -0.493 e. The summed E-state index contributed by atoms with van der Waals surface area (Å²) in [4.78, 5) is 34.7. The quantitative estimate of drug-likeness (QED) is 0.302. The first kappa shape index (κ1) is 23.0. The molecule has 2 heterocycles. The van der Waals surface area contributed by atoms with Crippen LogP contribution in [0.5, 0.6) is 28.7 Å². The number of esters is 2. The van der Waals surface area contributed by atoms with E-state index in [4.69, 9.17) is 32.8 Å². The molecule has 10 heteroatoms. The van der Waals surface area contributed by atoms with Crippen LogP contribution in [-0.4, -0.2) is 38.9 Å². The number of ether oxygens (including phenoxy) is 6. The van der Waals surface area contributed by atoms with Crippen LogP contribution < -0.4 is 29.3 Å². The van der Waals surface area contributed by atoms with Gasteiger partial charge in [-0.25, -0.2) is 4.79 Å². The molecule has 1 aliphatic rings. The molecule has 34 heavy (non-hydrogen) atoms.